The highest BCUT2D eigenvalue weighted by atomic mass is 16.6. The number of hydrogen-bond donors (Lipinski definition) is 8. The maximum Gasteiger partial charge on any atom is 0.0701 e. The second kappa shape index (κ2) is 37.5. The maximum absolute atomic E-state index is 5.88. The third-order valence-corrected chi connectivity index (χ3v) is 4.17. The molecule has 0 radical (unpaired) electrons. The Balaban J connectivity index is -0.000000853. The molecular formula is C21H60N8O8. The molecule has 0 fully saturated rings. The minimum Gasteiger partial charge on any atom is -0.378 e. The number of rotatable bonds is 28. The number of hydrogen-bond acceptors (Lipinski definition) is 16. The topological polar surface area (TPSA) is 318 Å². The molecule has 0 aromatic heterocycles. The molecule has 0 aromatic rings. The van der Waals surface area contributed by atoms with Crippen molar-refractivity contribution in [2.24, 2.45) is 28.3 Å². The Labute approximate surface area is 223 Å². The summed E-state index contributed by atoms with van der Waals surface area (Å²) in [6.45, 7) is 8.95. The molecule has 0 atom stereocenters. The molecular weight excluding hydrogens is 492 g/mol. The Hall–Kier alpha value is -0.640. The highest BCUT2D eigenvalue weighted by Gasteiger charge is 2.32. The quantitative estimate of drug-likeness (QED) is 0.0516. The molecule has 0 rings (SSSR count). The third-order valence-electron chi connectivity index (χ3n) is 4.17. The standard InChI is InChI=1S/C21H48N4O8.4H3N/c22-1-5-26-9-13-30-17-21(18-31-14-10-27-6-2-23,19-32-15-11-28-7-3-24)20-33-16-12-29-8-4-25;;;;/h1-20,22-25H2;4*1H3. The zero-order chi connectivity index (χ0) is 24.3. The van der Waals surface area contributed by atoms with Gasteiger partial charge in [-0.2, -0.15) is 0 Å². The normalized spacial score (nSPS) is 10.7. The van der Waals surface area contributed by atoms with Gasteiger partial charge in [-0.1, -0.05) is 0 Å². The van der Waals surface area contributed by atoms with E-state index in [0.717, 1.165) is 0 Å². The zero-order valence-corrected chi connectivity index (χ0v) is 23.0. The lowest BCUT2D eigenvalue weighted by Gasteiger charge is -2.33. The van der Waals surface area contributed by atoms with Gasteiger partial charge in [0, 0.05) is 26.2 Å². The summed E-state index contributed by atoms with van der Waals surface area (Å²) in [5, 5.41) is 0. The van der Waals surface area contributed by atoms with Gasteiger partial charge in [0.15, 0.2) is 0 Å². The van der Waals surface area contributed by atoms with Crippen molar-refractivity contribution in [3.05, 3.63) is 0 Å². The third kappa shape index (κ3) is 31.5. The van der Waals surface area contributed by atoms with Crippen LogP contribution in [0.15, 0.2) is 0 Å². The molecule has 0 heterocycles. The van der Waals surface area contributed by atoms with Crippen molar-refractivity contribution >= 4 is 0 Å². The van der Waals surface area contributed by atoms with Crippen molar-refractivity contribution in [3.8, 4) is 0 Å². The van der Waals surface area contributed by atoms with E-state index in [1.54, 1.807) is 0 Å². The van der Waals surface area contributed by atoms with Crippen molar-refractivity contribution in [3.63, 3.8) is 0 Å². The van der Waals surface area contributed by atoms with Gasteiger partial charge >= 0.3 is 0 Å². The van der Waals surface area contributed by atoms with Crippen molar-refractivity contribution in [2.45, 2.75) is 0 Å². The largest absolute Gasteiger partial charge is 0.378 e. The Kier molecular flexibility index (Phi) is 46.9. The van der Waals surface area contributed by atoms with E-state index in [9.17, 15) is 0 Å². The molecule has 0 amide bonds. The average molecular weight is 553 g/mol. The Morgan fingerprint density at radius 2 is 0.486 bits per heavy atom. The summed E-state index contributed by atoms with van der Waals surface area (Å²) in [4.78, 5) is 0. The second-order valence-electron chi connectivity index (χ2n) is 7.31. The van der Waals surface area contributed by atoms with Crippen LogP contribution in [0.5, 0.6) is 0 Å². The van der Waals surface area contributed by atoms with Gasteiger partial charge in [0.2, 0.25) is 0 Å². The van der Waals surface area contributed by atoms with Crippen LogP contribution in [-0.2, 0) is 37.9 Å². The predicted octanol–water partition coefficient (Wildman–Crippen LogP) is -1.41. The van der Waals surface area contributed by atoms with Gasteiger partial charge < -0.3 is 85.4 Å². The molecule has 16 heteroatoms. The second-order valence-corrected chi connectivity index (χ2v) is 7.31. The maximum atomic E-state index is 5.88. The van der Waals surface area contributed by atoms with Crippen LogP contribution in [0.25, 0.3) is 0 Å². The predicted molar refractivity (Wildman–Crippen MR) is 145 cm³/mol. The number of ether oxygens (including phenoxy) is 8. The first-order chi connectivity index (χ1) is 16.2. The molecule has 0 aliphatic rings. The van der Waals surface area contributed by atoms with Crippen LogP contribution in [0.1, 0.15) is 0 Å². The minimum atomic E-state index is -0.524. The van der Waals surface area contributed by atoms with Gasteiger partial charge in [-0.15, -0.1) is 0 Å². The van der Waals surface area contributed by atoms with Crippen LogP contribution in [0.3, 0.4) is 0 Å². The summed E-state index contributed by atoms with van der Waals surface area (Å²) in [6, 6.07) is 0. The monoisotopic (exact) mass is 552 g/mol. The van der Waals surface area contributed by atoms with Crippen LogP contribution < -0.4 is 47.5 Å². The first-order valence-electron chi connectivity index (χ1n) is 11.7. The first-order valence-corrected chi connectivity index (χ1v) is 11.7. The summed E-state index contributed by atoms with van der Waals surface area (Å²) in [5.74, 6) is 0. The molecule has 0 spiro atoms. The Bertz CT molecular complexity index is 327. The molecule has 0 aromatic carbocycles. The van der Waals surface area contributed by atoms with E-state index < -0.39 is 5.41 Å². The van der Waals surface area contributed by atoms with Crippen molar-refractivity contribution in [1.82, 2.24) is 24.6 Å². The van der Waals surface area contributed by atoms with E-state index in [4.69, 9.17) is 60.8 Å². The van der Waals surface area contributed by atoms with Crippen LogP contribution in [-0.4, -0.2) is 132 Å². The van der Waals surface area contributed by atoms with Gasteiger partial charge in [0.25, 0.3) is 0 Å². The summed E-state index contributed by atoms with van der Waals surface area (Å²) in [5.41, 5.74) is 21.2. The summed E-state index contributed by atoms with van der Waals surface area (Å²) < 4.78 is 45.1. The lowest BCUT2D eigenvalue weighted by molar-refractivity contribution is -0.121. The molecule has 37 heavy (non-hydrogen) atoms. The fourth-order valence-corrected chi connectivity index (χ4v) is 2.62. The van der Waals surface area contributed by atoms with Gasteiger partial charge in [-0.05, 0) is 0 Å². The molecule has 232 valence electrons. The molecule has 0 aliphatic carbocycles. The zero-order valence-electron chi connectivity index (χ0n) is 23.0. The molecule has 16 nitrogen and oxygen atoms in total. The van der Waals surface area contributed by atoms with Gasteiger partial charge in [0.05, 0.1) is 111 Å². The molecule has 20 N–H and O–H groups in total. The van der Waals surface area contributed by atoms with E-state index >= 15 is 0 Å². The Morgan fingerprint density at radius 3 is 0.676 bits per heavy atom. The van der Waals surface area contributed by atoms with E-state index in [1.165, 1.54) is 0 Å². The van der Waals surface area contributed by atoms with Crippen molar-refractivity contribution in [1.29, 1.82) is 0 Å². The molecule has 0 aliphatic heterocycles. The van der Waals surface area contributed by atoms with Crippen LogP contribution in [0.2, 0.25) is 0 Å². The average Bonchev–Trinajstić information content (AvgIpc) is 2.83. The van der Waals surface area contributed by atoms with E-state index in [2.05, 4.69) is 0 Å². The van der Waals surface area contributed by atoms with E-state index in [0.29, 0.717) is 132 Å². The van der Waals surface area contributed by atoms with Crippen molar-refractivity contribution in [2.75, 3.05) is 132 Å². The highest BCUT2D eigenvalue weighted by Crippen LogP contribution is 2.21. The fraction of sp³-hybridized carbons (Fsp3) is 1.00. The van der Waals surface area contributed by atoms with Crippen LogP contribution in [0.4, 0.5) is 0 Å². The number of nitrogens with two attached hydrogens (primary N) is 4. The molecule has 0 saturated heterocycles. The highest BCUT2D eigenvalue weighted by molar-refractivity contribution is 4.79. The Morgan fingerprint density at radius 1 is 0.297 bits per heavy atom. The summed E-state index contributed by atoms with van der Waals surface area (Å²) >= 11 is 0. The summed E-state index contributed by atoms with van der Waals surface area (Å²) in [6.07, 6.45) is 0. The SMILES string of the molecule is N.N.N.N.NCCOCCOCC(COCCOCCN)(COCCOCCN)COCCOCCN. The van der Waals surface area contributed by atoms with Crippen molar-refractivity contribution < 1.29 is 37.9 Å². The molecule has 0 unspecified atom stereocenters. The fourth-order valence-electron chi connectivity index (χ4n) is 2.62. The smallest absolute Gasteiger partial charge is 0.0701 e. The first kappa shape index (κ1) is 46.2. The van der Waals surface area contributed by atoms with E-state index in [1.807, 2.05) is 0 Å². The van der Waals surface area contributed by atoms with Crippen LogP contribution >= 0.6 is 0 Å². The lowest BCUT2D eigenvalue weighted by Crippen LogP contribution is -2.43. The van der Waals surface area contributed by atoms with Gasteiger partial charge in [-0.25, -0.2) is 0 Å². The molecule has 0 bridgehead atoms. The van der Waals surface area contributed by atoms with Gasteiger partial charge in [0.1, 0.15) is 0 Å². The lowest BCUT2D eigenvalue weighted by atomic mass is 9.92. The van der Waals surface area contributed by atoms with Gasteiger partial charge in [-0.3, -0.25) is 0 Å². The van der Waals surface area contributed by atoms with Crippen LogP contribution in [0, 0.1) is 5.41 Å². The minimum absolute atomic E-state index is 0. The van der Waals surface area contributed by atoms with E-state index in [-0.39, 0.29) is 24.6 Å². The molecule has 0 saturated carbocycles. The summed E-state index contributed by atoms with van der Waals surface area (Å²) in [7, 11) is 0.